The first kappa shape index (κ1) is 22.8. The number of rotatable bonds is 3. The zero-order valence-electron chi connectivity index (χ0n) is 18.5. The summed E-state index contributed by atoms with van der Waals surface area (Å²) in [6.07, 6.45) is 5.05. The van der Waals surface area contributed by atoms with Gasteiger partial charge in [-0.2, -0.15) is 0 Å². The highest BCUT2D eigenvalue weighted by atomic mass is 19.3. The van der Waals surface area contributed by atoms with Gasteiger partial charge in [-0.25, -0.2) is 13.8 Å². The molecule has 3 N–H and O–H groups in total. The van der Waals surface area contributed by atoms with E-state index in [2.05, 4.69) is 15.0 Å². The van der Waals surface area contributed by atoms with E-state index in [4.69, 9.17) is 10.5 Å². The zero-order valence-corrected chi connectivity index (χ0v) is 18.5. The van der Waals surface area contributed by atoms with Gasteiger partial charge in [0.05, 0.1) is 18.0 Å². The van der Waals surface area contributed by atoms with Gasteiger partial charge in [-0.05, 0) is 50.2 Å². The molecule has 1 amide bonds. The molecule has 2 aliphatic carbocycles. The number of pyridine rings is 3. The van der Waals surface area contributed by atoms with E-state index < -0.39 is 17.7 Å². The number of aryl methyl sites for hydroxylation is 1. The summed E-state index contributed by atoms with van der Waals surface area (Å²) in [6, 6.07) is 6.89. The number of carbonyl (C=O) groups is 1. The summed E-state index contributed by atoms with van der Waals surface area (Å²) in [4.78, 5) is 33.4. The second-order valence-electron chi connectivity index (χ2n) is 8.59. The number of fused-ring (bicyclic) bond motifs is 2. The van der Waals surface area contributed by atoms with E-state index in [0.717, 1.165) is 17.7 Å². The van der Waals surface area contributed by atoms with Crippen molar-refractivity contribution in [1.82, 2.24) is 15.0 Å². The second kappa shape index (κ2) is 8.88. The predicted octanol–water partition coefficient (Wildman–Crippen LogP) is 3.96. The number of nitrogens with one attached hydrogen (secondary N) is 1. The Bertz CT molecular complexity index is 1240. The fourth-order valence-electron chi connectivity index (χ4n) is 5.22. The summed E-state index contributed by atoms with van der Waals surface area (Å²) >= 11 is 0. The standard InChI is InChI=1S/C15H19F2NO.C9H7N3O2/c1-9-3-4-12(14(18-9)19-2)10-5-6-13-11(10)7-8-15(13,16)17;10-9(14)8-7-5(1-3-12-8)11-4-2-6(7)13/h3-4,10-11,13H,5-8H2,1-2H3;1-4H,(H2,10,14)(H,11,13). The van der Waals surface area contributed by atoms with Gasteiger partial charge in [0.25, 0.3) is 11.8 Å². The fourth-order valence-corrected chi connectivity index (χ4v) is 5.22. The maximum absolute atomic E-state index is 13.8. The number of primary amides is 1. The number of aromatic nitrogens is 3. The molecule has 3 aromatic heterocycles. The summed E-state index contributed by atoms with van der Waals surface area (Å²) in [5.41, 5.74) is 7.30. The van der Waals surface area contributed by atoms with Crippen LogP contribution < -0.4 is 15.9 Å². The van der Waals surface area contributed by atoms with Crippen molar-refractivity contribution in [3.63, 3.8) is 0 Å². The number of alkyl halides is 2. The van der Waals surface area contributed by atoms with E-state index in [0.29, 0.717) is 24.2 Å². The summed E-state index contributed by atoms with van der Waals surface area (Å²) in [6.45, 7) is 1.91. The fraction of sp³-hybridized carbons (Fsp3) is 0.417. The van der Waals surface area contributed by atoms with Gasteiger partial charge in [0.15, 0.2) is 5.43 Å². The molecule has 9 heteroatoms. The molecule has 5 rings (SSSR count). The number of hydrogen-bond donors (Lipinski definition) is 2. The maximum atomic E-state index is 13.8. The number of nitrogens with two attached hydrogens (primary N) is 1. The molecule has 0 aromatic carbocycles. The Hall–Kier alpha value is -3.36. The SMILES string of the molecule is COc1nc(C)ccc1C1CCC2C1CCC2(F)F.NC(=O)c1nccc2[nH]ccc(=O)c12. The van der Waals surface area contributed by atoms with Crippen molar-refractivity contribution in [1.29, 1.82) is 0 Å². The van der Waals surface area contributed by atoms with Gasteiger partial charge in [0, 0.05) is 42.1 Å². The van der Waals surface area contributed by atoms with Crippen molar-refractivity contribution in [3.05, 3.63) is 63.8 Å². The molecular formula is C24H26F2N4O3. The molecule has 2 fully saturated rings. The third kappa shape index (κ3) is 4.31. The Labute approximate surface area is 189 Å². The van der Waals surface area contributed by atoms with Crippen molar-refractivity contribution in [2.75, 3.05) is 7.11 Å². The van der Waals surface area contributed by atoms with Gasteiger partial charge in [-0.3, -0.25) is 14.6 Å². The van der Waals surface area contributed by atoms with Crippen LogP contribution in [0.2, 0.25) is 0 Å². The van der Waals surface area contributed by atoms with Crippen LogP contribution in [0.5, 0.6) is 5.88 Å². The highest BCUT2D eigenvalue weighted by molar-refractivity contribution is 6.03. The number of aromatic amines is 1. The van der Waals surface area contributed by atoms with Crippen LogP contribution in [0.4, 0.5) is 8.78 Å². The highest BCUT2D eigenvalue weighted by Crippen LogP contribution is 2.58. The Balaban J connectivity index is 0.000000165. The number of halogens is 2. The Morgan fingerprint density at radius 3 is 2.73 bits per heavy atom. The molecule has 0 spiro atoms. The summed E-state index contributed by atoms with van der Waals surface area (Å²) in [5, 5.41) is 0.238. The average molecular weight is 456 g/mol. The number of ether oxygens (including phenoxy) is 1. The second-order valence-corrected chi connectivity index (χ2v) is 8.59. The number of H-pyrrole nitrogens is 1. The Morgan fingerprint density at radius 2 is 2.00 bits per heavy atom. The molecule has 0 aliphatic heterocycles. The van der Waals surface area contributed by atoms with Crippen molar-refractivity contribution < 1.29 is 18.3 Å². The van der Waals surface area contributed by atoms with E-state index in [1.54, 1.807) is 13.2 Å². The van der Waals surface area contributed by atoms with Crippen LogP contribution in [0.1, 0.15) is 53.3 Å². The lowest BCUT2D eigenvalue weighted by Gasteiger charge is -2.21. The monoisotopic (exact) mass is 456 g/mol. The lowest BCUT2D eigenvalue weighted by Crippen LogP contribution is -2.23. The van der Waals surface area contributed by atoms with E-state index in [1.807, 2.05) is 19.1 Å². The molecule has 3 heterocycles. The van der Waals surface area contributed by atoms with E-state index in [9.17, 15) is 18.4 Å². The van der Waals surface area contributed by atoms with Crippen molar-refractivity contribution in [3.8, 4) is 5.88 Å². The van der Waals surface area contributed by atoms with Crippen molar-refractivity contribution in [2.45, 2.75) is 44.4 Å². The highest BCUT2D eigenvalue weighted by Gasteiger charge is 2.55. The summed E-state index contributed by atoms with van der Waals surface area (Å²) in [7, 11) is 1.60. The number of carbonyl (C=O) groups excluding carboxylic acids is 1. The molecule has 2 aliphatic rings. The summed E-state index contributed by atoms with van der Waals surface area (Å²) in [5.74, 6) is -2.73. The average Bonchev–Trinajstić information content (AvgIpc) is 3.35. The number of nitrogens with zero attached hydrogens (tertiary/aromatic N) is 2. The van der Waals surface area contributed by atoms with Gasteiger partial charge < -0.3 is 15.5 Å². The third-order valence-corrected chi connectivity index (χ3v) is 6.70. The molecule has 3 atom stereocenters. The quantitative estimate of drug-likeness (QED) is 0.620. The first-order valence-corrected chi connectivity index (χ1v) is 10.9. The molecule has 3 unspecified atom stereocenters. The molecule has 174 valence electrons. The van der Waals surface area contributed by atoms with Crippen LogP contribution in [0.3, 0.4) is 0 Å². The van der Waals surface area contributed by atoms with Crippen LogP contribution >= 0.6 is 0 Å². The molecule has 0 radical (unpaired) electrons. The van der Waals surface area contributed by atoms with Crippen molar-refractivity contribution >= 4 is 16.8 Å². The molecule has 3 aromatic rings. The minimum absolute atomic E-state index is 0.00403. The topological polar surface area (TPSA) is 111 Å². The predicted molar refractivity (Wildman–Crippen MR) is 120 cm³/mol. The van der Waals surface area contributed by atoms with Gasteiger partial charge in [0.2, 0.25) is 5.88 Å². The smallest absolute Gasteiger partial charge is 0.268 e. The molecule has 0 saturated heterocycles. The number of amides is 1. The van der Waals surface area contributed by atoms with Gasteiger partial charge in [0.1, 0.15) is 5.69 Å². The van der Waals surface area contributed by atoms with E-state index in [1.165, 1.54) is 18.5 Å². The van der Waals surface area contributed by atoms with E-state index in [-0.39, 0.29) is 34.8 Å². The lowest BCUT2D eigenvalue weighted by molar-refractivity contribution is -0.0409. The third-order valence-electron chi connectivity index (χ3n) is 6.70. The lowest BCUT2D eigenvalue weighted by atomic mass is 9.86. The van der Waals surface area contributed by atoms with Crippen molar-refractivity contribution in [2.24, 2.45) is 17.6 Å². The van der Waals surface area contributed by atoms with Gasteiger partial charge >= 0.3 is 0 Å². The van der Waals surface area contributed by atoms with Crippen LogP contribution in [0.15, 0.2) is 41.5 Å². The van der Waals surface area contributed by atoms with Gasteiger partial charge in [-0.1, -0.05) is 6.07 Å². The van der Waals surface area contributed by atoms with Crippen LogP contribution in [-0.4, -0.2) is 33.9 Å². The maximum Gasteiger partial charge on any atom is 0.268 e. The minimum Gasteiger partial charge on any atom is -0.481 e. The normalized spacial score (nSPS) is 23.0. The van der Waals surface area contributed by atoms with Crippen LogP contribution in [0.25, 0.3) is 10.9 Å². The number of methoxy groups -OCH3 is 1. The minimum atomic E-state index is -2.47. The molecular weight excluding hydrogens is 430 g/mol. The molecule has 7 nitrogen and oxygen atoms in total. The molecule has 2 saturated carbocycles. The molecule has 33 heavy (non-hydrogen) atoms. The largest absolute Gasteiger partial charge is 0.481 e. The zero-order chi connectivity index (χ0) is 23.8. The Morgan fingerprint density at radius 1 is 1.21 bits per heavy atom. The number of hydrogen-bond acceptors (Lipinski definition) is 5. The van der Waals surface area contributed by atoms with Gasteiger partial charge in [-0.15, -0.1) is 0 Å². The van der Waals surface area contributed by atoms with Crippen LogP contribution in [-0.2, 0) is 0 Å². The first-order valence-electron chi connectivity index (χ1n) is 10.9. The van der Waals surface area contributed by atoms with E-state index >= 15 is 0 Å². The summed E-state index contributed by atoms with van der Waals surface area (Å²) < 4.78 is 32.9. The molecule has 0 bridgehead atoms. The van der Waals surface area contributed by atoms with Crippen LogP contribution in [0, 0.1) is 18.8 Å². The first-order chi connectivity index (χ1) is 15.7. The Kier molecular flexibility index (Phi) is 6.14.